The maximum atomic E-state index is 13.7. The zero-order valence-electron chi connectivity index (χ0n) is 11.4. The number of urea groups is 1. The molecule has 1 aromatic rings. The first kappa shape index (κ1) is 15.0. The highest BCUT2D eigenvalue weighted by Crippen LogP contribution is 2.44. The van der Waals surface area contributed by atoms with Crippen LogP contribution in [-0.4, -0.2) is 12.2 Å². The molecule has 1 atom stereocenters. The quantitative estimate of drug-likeness (QED) is 0.598. The number of anilines is 1. The Morgan fingerprint density at radius 2 is 2.09 bits per heavy atom. The highest BCUT2D eigenvalue weighted by molar-refractivity contribution is 6.17. The molecule has 1 saturated carbocycles. The number of halogens is 4. The Morgan fingerprint density at radius 1 is 1.36 bits per heavy atom. The number of nitrogens with one attached hydrogen (secondary N) is 2. The summed E-state index contributed by atoms with van der Waals surface area (Å²) in [6, 6.07) is 3.33. The largest absolute Gasteiger partial charge is 0.427 e. The number of carbonyl (C=O) groups is 1. The van der Waals surface area contributed by atoms with Gasteiger partial charge in [0.05, 0.1) is 0 Å². The molecule has 2 N–H and O–H groups in total. The monoisotopic (exact) mass is 328 g/mol. The second-order valence-corrected chi connectivity index (χ2v) is 5.65. The molecule has 1 unspecified atom stereocenters. The normalized spacial score (nSPS) is 23.7. The molecule has 0 radical (unpaired) electrons. The third-order valence-corrected chi connectivity index (χ3v) is 3.97. The molecule has 1 aliphatic carbocycles. The summed E-state index contributed by atoms with van der Waals surface area (Å²) in [4.78, 5) is 11.7. The van der Waals surface area contributed by atoms with Crippen LogP contribution in [0.5, 0.6) is 0 Å². The SMILES string of the molecule is O=C1Nc2cc(CCl)ccc2C(C#CC2CC2)(C(F)(F)F)N1. The molecular weight excluding hydrogens is 317 g/mol. The fourth-order valence-electron chi connectivity index (χ4n) is 2.33. The zero-order valence-corrected chi connectivity index (χ0v) is 12.1. The van der Waals surface area contributed by atoms with Crippen molar-refractivity contribution in [3.05, 3.63) is 29.3 Å². The van der Waals surface area contributed by atoms with Crippen molar-refractivity contribution in [1.82, 2.24) is 5.32 Å². The molecule has 3 nitrogen and oxygen atoms in total. The number of benzene rings is 1. The van der Waals surface area contributed by atoms with Crippen LogP contribution in [0.4, 0.5) is 23.7 Å². The molecule has 7 heteroatoms. The Bertz CT molecular complexity index is 688. The molecule has 116 valence electrons. The van der Waals surface area contributed by atoms with Crippen LogP contribution in [0, 0.1) is 17.8 Å². The van der Waals surface area contributed by atoms with Gasteiger partial charge in [0, 0.05) is 23.0 Å². The average Bonchev–Trinajstić information content (AvgIpc) is 3.26. The lowest BCUT2D eigenvalue weighted by Crippen LogP contribution is -2.59. The minimum atomic E-state index is -4.73. The van der Waals surface area contributed by atoms with Crippen molar-refractivity contribution in [3.8, 4) is 11.8 Å². The predicted octanol–water partition coefficient (Wildman–Crippen LogP) is 3.73. The summed E-state index contributed by atoms with van der Waals surface area (Å²) in [6.07, 6.45) is -3.14. The lowest BCUT2D eigenvalue weighted by molar-refractivity contribution is -0.178. The zero-order chi connectivity index (χ0) is 16.0. The molecule has 3 rings (SSSR count). The van der Waals surface area contributed by atoms with Crippen LogP contribution in [0.15, 0.2) is 18.2 Å². The molecule has 1 aromatic carbocycles. The van der Waals surface area contributed by atoms with Crippen molar-refractivity contribution in [3.63, 3.8) is 0 Å². The Hall–Kier alpha value is -1.87. The van der Waals surface area contributed by atoms with Gasteiger partial charge in [0.25, 0.3) is 0 Å². The summed E-state index contributed by atoms with van der Waals surface area (Å²) < 4.78 is 41.2. The first-order valence-corrected chi connectivity index (χ1v) is 7.27. The smallest absolute Gasteiger partial charge is 0.310 e. The van der Waals surface area contributed by atoms with E-state index in [4.69, 9.17) is 11.6 Å². The van der Waals surface area contributed by atoms with Crippen molar-refractivity contribution in [2.24, 2.45) is 5.92 Å². The van der Waals surface area contributed by atoms with Crippen LogP contribution in [-0.2, 0) is 11.4 Å². The molecule has 2 aliphatic rings. The van der Waals surface area contributed by atoms with Crippen molar-refractivity contribution in [2.75, 3.05) is 5.32 Å². The number of hydrogen-bond acceptors (Lipinski definition) is 1. The third kappa shape index (κ3) is 2.50. The van der Waals surface area contributed by atoms with Gasteiger partial charge in [0.2, 0.25) is 5.54 Å². The van der Waals surface area contributed by atoms with Gasteiger partial charge in [0.1, 0.15) is 0 Å². The maximum Gasteiger partial charge on any atom is 0.427 e. The summed E-state index contributed by atoms with van der Waals surface area (Å²) in [5.41, 5.74) is -2.09. The van der Waals surface area contributed by atoms with Gasteiger partial charge in [-0.15, -0.1) is 11.6 Å². The van der Waals surface area contributed by atoms with Gasteiger partial charge in [-0.2, -0.15) is 13.2 Å². The Morgan fingerprint density at radius 3 is 2.68 bits per heavy atom. The van der Waals surface area contributed by atoms with Crippen molar-refractivity contribution in [2.45, 2.75) is 30.4 Å². The van der Waals surface area contributed by atoms with E-state index in [9.17, 15) is 18.0 Å². The molecule has 0 spiro atoms. The van der Waals surface area contributed by atoms with E-state index in [0.717, 1.165) is 12.8 Å². The Kier molecular flexibility index (Phi) is 3.48. The van der Waals surface area contributed by atoms with E-state index in [1.807, 2.05) is 5.32 Å². The minimum absolute atomic E-state index is 0.0171. The summed E-state index contributed by atoms with van der Waals surface area (Å²) in [7, 11) is 0. The van der Waals surface area contributed by atoms with E-state index in [0.29, 0.717) is 5.56 Å². The number of rotatable bonds is 1. The van der Waals surface area contributed by atoms with Crippen molar-refractivity contribution in [1.29, 1.82) is 0 Å². The summed E-state index contributed by atoms with van der Waals surface area (Å²) in [5, 5.41) is 4.35. The summed E-state index contributed by atoms with van der Waals surface area (Å²) in [6.45, 7) is 0. The molecule has 1 aliphatic heterocycles. The van der Waals surface area contributed by atoms with E-state index in [1.165, 1.54) is 18.2 Å². The van der Waals surface area contributed by atoms with Gasteiger partial charge in [-0.1, -0.05) is 24.0 Å². The number of carbonyl (C=O) groups excluding carboxylic acids is 1. The molecule has 0 saturated heterocycles. The summed E-state index contributed by atoms with van der Waals surface area (Å²) in [5.74, 6) is 5.03. The molecule has 0 aromatic heterocycles. The summed E-state index contributed by atoms with van der Waals surface area (Å²) >= 11 is 5.70. The second kappa shape index (κ2) is 5.10. The molecule has 2 amide bonds. The Balaban J connectivity index is 2.18. The van der Waals surface area contributed by atoms with Crippen molar-refractivity contribution < 1.29 is 18.0 Å². The van der Waals surface area contributed by atoms with E-state index >= 15 is 0 Å². The first-order valence-electron chi connectivity index (χ1n) is 6.74. The molecule has 0 bridgehead atoms. The molecule has 1 heterocycles. The maximum absolute atomic E-state index is 13.7. The van der Waals surface area contributed by atoms with Gasteiger partial charge in [-0.3, -0.25) is 0 Å². The number of amides is 2. The topological polar surface area (TPSA) is 41.1 Å². The van der Waals surface area contributed by atoms with Crippen LogP contribution >= 0.6 is 11.6 Å². The van der Waals surface area contributed by atoms with Crippen LogP contribution in [0.3, 0.4) is 0 Å². The van der Waals surface area contributed by atoms with Crippen LogP contribution in [0.25, 0.3) is 0 Å². The van der Waals surface area contributed by atoms with Gasteiger partial charge in [-0.25, -0.2) is 4.79 Å². The minimum Gasteiger partial charge on any atom is -0.310 e. The lowest BCUT2D eigenvalue weighted by Gasteiger charge is -2.37. The third-order valence-electron chi connectivity index (χ3n) is 3.66. The predicted molar refractivity (Wildman–Crippen MR) is 76.4 cm³/mol. The van der Waals surface area contributed by atoms with Crippen LogP contribution in [0.1, 0.15) is 24.0 Å². The average molecular weight is 329 g/mol. The van der Waals surface area contributed by atoms with Gasteiger partial charge < -0.3 is 10.6 Å². The van der Waals surface area contributed by atoms with Gasteiger partial charge >= 0.3 is 12.2 Å². The fourth-order valence-corrected chi connectivity index (χ4v) is 2.49. The first-order chi connectivity index (χ1) is 10.4. The second-order valence-electron chi connectivity index (χ2n) is 5.38. The van der Waals surface area contributed by atoms with E-state index in [1.54, 1.807) is 0 Å². The molecule has 1 fully saturated rings. The lowest BCUT2D eigenvalue weighted by atomic mass is 9.86. The van der Waals surface area contributed by atoms with Crippen LogP contribution in [0.2, 0.25) is 0 Å². The Labute approximate surface area is 130 Å². The standard InChI is InChI=1S/C15H12ClF3N2O/c16-8-10-3-4-11-12(7-10)20-13(22)21-14(11,15(17,18)19)6-5-9-1-2-9/h3-4,7,9H,1-2,8H2,(H2,20,21,22). The molecule has 22 heavy (non-hydrogen) atoms. The van der Waals surface area contributed by atoms with E-state index < -0.39 is 17.7 Å². The van der Waals surface area contributed by atoms with E-state index in [-0.39, 0.29) is 23.0 Å². The van der Waals surface area contributed by atoms with Gasteiger partial charge in [-0.05, 0) is 24.5 Å². The number of fused-ring (bicyclic) bond motifs is 1. The molecular formula is C15H12ClF3N2O. The fraction of sp³-hybridized carbons (Fsp3) is 0.400. The highest BCUT2D eigenvalue weighted by atomic mass is 35.5. The van der Waals surface area contributed by atoms with Gasteiger partial charge in [0.15, 0.2) is 0 Å². The number of hydrogen-bond donors (Lipinski definition) is 2. The van der Waals surface area contributed by atoms with Crippen molar-refractivity contribution >= 4 is 23.3 Å². The van der Waals surface area contributed by atoms with E-state index in [2.05, 4.69) is 17.2 Å². The van der Waals surface area contributed by atoms with Crippen LogP contribution < -0.4 is 10.6 Å². The number of alkyl halides is 4. The highest BCUT2D eigenvalue weighted by Gasteiger charge is 2.59.